The summed E-state index contributed by atoms with van der Waals surface area (Å²) in [5.74, 6) is 0.772. The second-order valence-electron chi connectivity index (χ2n) is 5.60. The van der Waals surface area contributed by atoms with E-state index < -0.39 is 0 Å². The monoisotopic (exact) mass is 335 g/mol. The summed E-state index contributed by atoms with van der Waals surface area (Å²) in [5, 5.41) is 12.0. The van der Waals surface area contributed by atoms with Gasteiger partial charge in [-0.2, -0.15) is 5.10 Å². The highest BCUT2D eigenvalue weighted by Gasteiger charge is 2.16. The summed E-state index contributed by atoms with van der Waals surface area (Å²) in [5.41, 5.74) is 1.18. The van der Waals surface area contributed by atoms with Gasteiger partial charge in [0.2, 0.25) is 0 Å². The van der Waals surface area contributed by atoms with Gasteiger partial charge in [0.15, 0.2) is 5.96 Å². The molecule has 0 bridgehead atoms. The Morgan fingerprint density at radius 3 is 2.70 bits per heavy atom. The van der Waals surface area contributed by atoms with Crippen molar-refractivity contribution < 1.29 is 0 Å². The first kappa shape index (κ1) is 17.4. The molecule has 7 nitrogen and oxygen atoms in total. The molecule has 126 valence electrons. The van der Waals surface area contributed by atoms with Gasteiger partial charge in [0.1, 0.15) is 5.01 Å². The van der Waals surface area contributed by atoms with E-state index in [4.69, 9.17) is 0 Å². The van der Waals surface area contributed by atoms with Gasteiger partial charge in [-0.15, -0.1) is 11.3 Å². The molecule has 2 aromatic rings. The van der Waals surface area contributed by atoms with Crippen molar-refractivity contribution in [1.82, 2.24) is 30.3 Å². The van der Waals surface area contributed by atoms with Crippen LogP contribution in [0.1, 0.15) is 21.5 Å². The lowest BCUT2D eigenvalue weighted by Gasteiger charge is -2.24. The van der Waals surface area contributed by atoms with Crippen molar-refractivity contribution in [2.45, 2.75) is 19.5 Å². The molecule has 8 heteroatoms. The standard InChI is InChI=1S/C15H25N7S/c1-11-6-17-14(23-11)9-19-15(16-2)18-8-13(21(3)4)12-7-20-22(5)10-12/h6-7,10,13H,8-9H2,1-5H3,(H2,16,18,19). The Hall–Kier alpha value is -1.93. The number of guanidine groups is 1. The highest BCUT2D eigenvalue weighted by molar-refractivity contribution is 7.11. The smallest absolute Gasteiger partial charge is 0.191 e. The number of likely N-dealkylation sites (N-methyl/N-ethyl adjacent to an activating group) is 1. The van der Waals surface area contributed by atoms with E-state index in [0.717, 1.165) is 17.5 Å². The minimum atomic E-state index is 0.226. The number of hydrogen-bond donors (Lipinski definition) is 2. The van der Waals surface area contributed by atoms with Crippen LogP contribution in [0.5, 0.6) is 0 Å². The average molecular weight is 335 g/mol. The fourth-order valence-electron chi connectivity index (χ4n) is 2.27. The predicted molar refractivity (Wildman–Crippen MR) is 94.7 cm³/mol. The van der Waals surface area contributed by atoms with Crippen molar-refractivity contribution in [1.29, 1.82) is 0 Å². The minimum Gasteiger partial charge on any atom is -0.354 e. The Balaban J connectivity index is 1.90. The lowest BCUT2D eigenvalue weighted by atomic mass is 10.1. The lowest BCUT2D eigenvalue weighted by Crippen LogP contribution is -2.41. The van der Waals surface area contributed by atoms with Crippen LogP contribution in [0.25, 0.3) is 0 Å². The van der Waals surface area contributed by atoms with Crippen LogP contribution in [-0.2, 0) is 13.6 Å². The van der Waals surface area contributed by atoms with E-state index in [0.29, 0.717) is 6.54 Å². The average Bonchev–Trinajstić information content (AvgIpc) is 3.11. The first-order chi connectivity index (χ1) is 11.0. The van der Waals surface area contributed by atoms with Gasteiger partial charge < -0.3 is 15.5 Å². The minimum absolute atomic E-state index is 0.226. The van der Waals surface area contributed by atoms with Crippen molar-refractivity contribution in [3.8, 4) is 0 Å². The molecule has 0 spiro atoms. The lowest BCUT2D eigenvalue weighted by molar-refractivity contribution is 0.298. The molecular formula is C15H25N7S. The quantitative estimate of drug-likeness (QED) is 0.612. The Bertz CT molecular complexity index is 644. The summed E-state index contributed by atoms with van der Waals surface area (Å²) < 4.78 is 1.82. The largest absolute Gasteiger partial charge is 0.354 e. The molecule has 0 saturated heterocycles. The highest BCUT2D eigenvalue weighted by atomic mass is 32.1. The van der Waals surface area contributed by atoms with Crippen LogP contribution in [0.4, 0.5) is 0 Å². The zero-order valence-electron chi connectivity index (χ0n) is 14.4. The van der Waals surface area contributed by atoms with Gasteiger partial charge in [0, 0.05) is 43.5 Å². The summed E-state index contributed by atoms with van der Waals surface area (Å²) >= 11 is 1.69. The first-order valence-electron chi connectivity index (χ1n) is 7.50. The number of thiazole rings is 1. The van der Waals surface area contributed by atoms with Crippen LogP contribution in [-0.4, -0.2) is 53.3 Å². The molecule has 0 aliphatic rings. The summed E-state index contributed by atoms with van der Waals surface area (Å²) in [6.45, 7) is 3.48. The van der Waals surface area contributed by atoms with Crippen molar-refractivity contribution in [2.75, 3.05) is 27.7 Å². The SMILES string of the molecule is CN=C(NCc1ncc(C)s1)NCC(c1cnn(C)c1)N(C)C. The molecule has 1 atom stereocenters. The van der Waals surface area contributed by atoms with Crippen LogP contribution in [0.3, 0.4) is 0 Å². The maximum Gasteiger partial charge on any atom is 0.191 e. The number of aromatic nitrogens is 3. The predicted octanol–water partition coefficient (Wildman–Crippen LogP) is 1.15. The maximum atomic E-state index is 4.35. The Morgan fingerprint density at radius 2 is 2.17 bits per heavy atom. The number of rotatable bonds is 6. The summed E-state index contributed by atoms with van der Waals surface area (Å²) in [6, 6.07) is 0.226. The van der Waals surface area contributed by atoms with Crippen molar-refractivity contribution in [2.24, 2.45) is 12.0 Å². The van der Waals surface area contributed by atoms with E-state index in [1.807, 2.05) is 30.3 Å². The topological polar surface area (TPSA) is 70.4 Å². The summed E-state index contributed by atoms with van der Waals surface area (Å²) in [4.78, 5) is 12.0. The van der Waals surface area contributed by atoms with Crippen molar-refractivity contribution in [3.05, 3.63) is 34.0 Å². The van der Waals surface area contributed by atoms with Crippen LogP contribution < -0.4 is 10.6 Å². The molecule has 0 fully saturated rings. The second kappa shape index (κ2) is 8.07. The van der Waals surface area contributed by atoms with Crippen LogP contribution in [0.15, 0.2) is 23.6 Å². The van der Waals surface area contributed by atoms with Gasteiger partial charge in [-0.25, -0.2) is 4.98 Å². The third kappa shape index (κ3) is 5.04. The van der Waals surface area contributed by atoms with Crippen LogP contribution >= 0.6 is 11.3 Å². The molecule has 0 saturated carbocycles. The van der Waals surface area contributed by atoms with Crippen molar-refractivity contribution >= 4 is 17.3 Å². The second-order valence-corrected chi connectivity index (χ2v) is 6.92. The number of aliphatic imine (C=N–C) groups is 1. The highest BCUT2D eigenvalue weighted by Crippen LogP contribution is 2.16. The molecule has 0 aromatic carbocycles. The molecule has 0 radical (unpaired) electrons. The van der Waals surface area contributed by atoms with Crippen molar-refractivity contribution in [3.63, 3.8) is 0 Å². The molecule has 2 heterocycles. The van der Waals surface area contributed by atoms with E-state index >= 15 is 0 Å². The van der Waals surface area contributed by atoms with E-state index in [-0.39, 0.29) is 6.04 Å². The fraction of sp³-hybridized carbons (Fsp3) is 0.533. The maximum absolute atomic E-state index is 4.35. The normalized spacial score (nSPS) is 13.4. The number of hydrogen-bond acceptors (Lipinski definition) is 5. The van der Waals surface area contributed by atoms with E-state index in [9.17, 15) is 0 Å². The number of aryl methyl sites for hydroxylation is 2. The number of nitrogens with zero attached hydrogens (tertiary/aromatic N) is 5. The van der Waals surface area contributed by atoms with Crippen LogP contribution in [0.2, 0.25) is 0 Å². The van der Waals surface area contributed by atoms with E-state index in [2.05, 4.69) is 51.6 Å². The molecule has 2 rings (SSSR count). The van der Waals surface area contributed by atoms with Gasteiger partial charge in [0.05, 0.1) is 18.8 Å². The van der Waals surface area contributed by atoms with E-state index in [1.165, 1.54) is 10.4 Å². The number of nitrogens with one attached hydrogen (secondary N) is 2. The van der Waals surface area contributed by atoms with Gasteiger partial charge >= 0.3 is 0 Å². The molecule has 23 heavy (non-hydrogen) atoms. The third-order valence-electron chi connectivity index (χ3n) is 3.50. The van der Waals surface area contributed by atoms with Gasteiger partial charge in [-0.1, -0.05) is 0 Å². The van der Waals surface area contributed by atoms with Crippen LogP contribution in [0, 0.1) is 6.92 Å². The first-order valence-corrected chi connectivity index (χ1v) is 8.32. The third-order valence-corrected chi connectivity index (χ3v) is 4.41. The Kier molecular flexibility index (Phi) is 6.12. The van der Waals surface area contributed by atoms with Gasteiger partial charge in [-0.3, -0.25) is 9.67 Å². The fourth-order valence-corrected chi connectivity index (χ4v) is 2.99. The summed E-state index contributed by atoms with van der Waals surface area (Å²) in [7, 11) is 7.83. The van der Waals surface area contributed by atoms with Gasteiger partial charge in [-0.05, 0) is 21.0 Å². The Morgan fingerprint density at radius 1 is 1.39 bits per heavy atom. The molecule has 2 N–H and O–H groups in total. The zero-order chi connectivity index (χ0) is 16.8. The molecule has 0 aliphatic heterocycles. The molecular weight excluding hydrogens is 310 g/mol. The Labute approximate surface area is 141 Å². The molecule has 1 unspecified atom stereocenters. The zero-order valence-corrected chi connectivity index (χ0v) is 15.2. The molecule has 0 amide bonds. The van der Waals surface area contributed by atoms with Gasteiger partial charge in [0.25, 0.3) is 0 Å². The molecule has 2 aromatic heterocycles. The van der Waals surface area contributed by atoms with E-state index in [1.54, 1.807) is 18.4 Å². The summed E-state index contributed by atoms with van der Waals surface area (Å²) in [6.07, 6.45) is 5.84. The molecule has 0 aliphatic carbocycles.